The molecule has 0 aliphatic heterocycles. The van der Waals surface area contributed by atoms with Gasteiger partial charge in [-0.15, -0.1) is 0 Å². The van der Waals surface area contributed by atoms with E-state index in [1.54, 1.807) is 7.05 Å². The Hall–Kier alpha value is -3.08. The van der Waals surface area contributed by atoms with Crippen molar-refractivity contribution in [2.45, 2.75) is 33.4 Å². The van der Waals surface area contributed by atoms with Crippen LogP contribution in [0, 0.1) is 13.8 Å². The van der Waals surface area contributed by atoms with Crippen LogP contribution in [0.25, 0.3) is 5.69 Å². The molecule has 0 amide bonds. The summed E-state index contributed by atoms with van der Waals surface area (Å²) in [6.45, 7) is 6.96. The molecule has 0 bridgehead atoms. The first-order valence-corrected chi connectivity index (χ1v) is 9.22. The van der Waals surface area contributed by atoms with Crippen LogP contribution in [-0.4, -0.2) is 22.8 Å². The maximum Gasteiger partial charge on any atom is 0.191 e. The van der Waals surface area contributed by atoms with Crippen LogP contribution in [0.5, 0.6) is 0 Å². The molecule has 1 aromatic heterocycles. The van der Waals surface area contributed by atoms with Crippen molar-refractivity contribution in [2.24, 2.45) is 4.99 Å². The second-order valence-corrected chi connectivity index (χ2v) is 6.60. The topological polar surface area (TPSA) is 54.2 Å². The first kappa shape index (κ1) is 18.7. The average Bonchev–Trinajstić information content (AvgIpc) is 3.00. The normalized spacial score (nSPS) is 12.7. The maximum atomic E-state index is 4.71. The number of hydrogen-bond donors (Lipinski definition) is 2. The third kappa shape index (κ3) is 4.37. The SMILES string of the molecule is CN=C(NCc1c(C)nn(-c2ccccc2)c1C)NC(C)c1ccccc1. The number of nitrogens with one attached hydrogen (secondary N) is 2. The standard InChI is InChI=1S/C22H27N5/c1-16(19-11-7-5-8-12-19)25-22(23-4)24-15-21-17(2)26-27(18(21)3)20-13-9-6-10-14-20/h5-14,16H,15H2,1-4H3,(H2,23,24,25). The Kier molecular flexibility index (Phi) is 5.91. The lowest BCUT2D eigenvalue weighted by Gasteiger charge is -2.18. The Morgan fingerprint density at radius 3 is 2.30 bits per heavy atom. The lowest BCUT2D eigenvalue weighted by molar-refractivity contribution is 0.684. The number of aromatic nitrogens is 2. The van der Waals surface area contributed by atoms with Crippen LogP contribution in [0.3, 0.4) is 0 Å². The molecule has 0 spiro atoms. The monoisotopic (exact) mass is 361 g/mol. The highest BCUT2D eigenvalue weighted by Crippen LogP contribution is 2.17. The Morgan fingerprint density at radius 2 is 1.67 bits per heavy atom. The molecule has 1 heterocycles. The highest BCUT2D eigenvalue weighted by molar-refractivity contribution is 5.80. The van der Waals surface area contributed by atoms with Gasteiger partial charge in [0.2, 0.25) is 0 Å². The van der Waals surface area contributed by atoms with E-state index < -0.39 is 0 Å². The quantitative estimate of drug-likeness (QED) is 0.535. The van der Waals surface area contributed by atoms with Crippen molar-refractivity contribution in [3.05, 3.63) is 83.2 Å². The highest BCUT2D eigenvalue weighted by atomic mass is 15.3. The van der Waals surface area contributed by atoms with E-state index in [1.165, 1.54) is 11.1 Å². The van der Waals surface area contributed by atoms with Gasteiger partial charge in [-0.1, -0.05) is 48.5 Å². The van der Waals surface area contributed by atoms with E-state index in [0.29, 0.717) is 6.54 Å². The van der Waals surface area contributed by atoms with Gasteiger partial charge in [-0.05, 0) is 38.5 Å². The molecule has 0 radical (unpaired) electrons. The summed E-state index contributed by atoms with van der Waals surface area (Å²) < 4.78 is 2.00. The van der Waals surface area contributed by atoms with Crippen LogP contribution in [0.4, 0.5) is 0 Å². The highest BCUT2D eigenvalue weighted by Gasteiger charge is 2.14. The lowest BCUT2D eigenvalue weighted by atomic mass is 10.1. The summed E-state index contributed by atoms with van der Waals surface area (Å²) in [4.78, 5) is 4.36. The van der Waals surface area contributed by atoms with Gasteiger partial charge in [-0.3, -0.25) is 4.99 Å². The smallest absolute Gasteiger partial charge is 0.191 e. The Balaban J connectivity index is 1.69. The van der Waals surface area contributed by atoms with Gasteiger partial charge in [0.05, 0.1) is 17.4 Å². The molecule has 5 heteroatoms. The molecular weight excluding hydrogens is 334 g/mol. The van der Waals surface area contributed by atoms with Gasteiger partial charge in [0.15, 0.2) is 5.96 Å². The van der Waals surface area contributed by atoms with Crippen LogP contribution in [0.1, 0.15) is 35.5 Å². The fraction of sp³-hybridized carbons (Fsp3) is 0.273. The number of guanidine groups is 1. The van der Waals surface area contributed by atoms with Crippen LogP contribution < -0.4 is 10.6 Å². The minimum absolute atomic E-state index is 0.173. The molecule has 3 aromatic rings. The van der Waals surface area contributed by atoms with E-state index >= 15 is 0 Å². The summed E-state index contributed by atoms with van der Waals surface area (Å²) in [5.74, 6) is 0.776. The first-order valence-electron chi connectivity index (χ1n) is 9.22. The van der Waals surface area contributed by atoms with Gasteiger partial charge < -0.3 is 10.6 Å². The molecule has 0 fully saturated rings. The average molecular weight is 361 g/mol. The van der Waals surface area contributed by atoms with Crippen LogP contribution in [0.2, 0.25) is 0 Å². The van der Waals surface area contributed by atoms with E-state index in [1.807, 2.05) is 48.0 Å². The first-order chi connectivity index (χ1) is 13.1. The third-order valence-electron chi connectivity index (χ3n) is 4.75. The van der Waals surface area contributed by atoms with Crippen molar-refractivity contribution in [3.8, 4) is 5.69 Å². The second-order valence-electron chi connectivity index (χ2n) is 6.60. The van der Waals surface area contributed by atoms with Gasteiger partial charge in [0.25, 0.3) is 0 Å². The van der Waals surface area contributed by atoms with E-state index in [-0.39, 0.29) is 6.04 Å². The van der Waals surface area contributed by atoms with Gasteiger partial charge in [-0.2, -0.15) is 5.10 Å². The minimum Gasteiger partial charge on any atom is -0.352 e. The summed E-state index contributed by atoms with van der Waals surface area (Å²) in [6.07, 6.45) is 0. The van der Waals surface area contributed by atoms with E-state index in [2.05, 4.69) is 53.7 Å². The predicted molar refractivity (Wildman–Crippen MR) is 111 cm³/mol. The number of rotatable bonds is 5. The van der Waals surface area contributed by atoms with Gasteiger partial charge >= 0.3 is 0 Å². The molecule has 0 aliphatic rings. The zero-order valence-electron chi connectivity index (χ0n) is 16.4. The summed E-state index contributed by atoms with van der Waals surface area (Å²) in [5, 5.41) is 11.6. The Morgan fingerprint density at radius 1 is 1.04 bits per heavy atom. The fourth-order valence-corrected chi connectivity index (χ4v) is 3.15. The maximum absolute atomic E-state index is 4.71. The van der Waals surface area contributed by atoms with Gasteiger partial charge in [0, 0.05) is 24.8 Å². The summed E-state index contributed by atoms with van der Waals surface area (Å²) in [6, 6.07) is 20.7. The molecule has 2 N–H and O–H groups in total. The van der Waals surface area contributed by atoms with E-state index in [0.717, 1.165) is 23.0 Å². The zero-order chi connectivity index (χ0) is 19.2. The summed E-state index contributed by atoms with van der Waals surface area (Å²) >= 11 is 0. The molecule has 3 rings (SSSR count). The molecule has 5 nitrogen and oxygen atoms in total. The molecular formula is C22H27N5. The number of aliphatic imine (C=N–C) groups is 1. The third-order valence-corrected chi connectivity index (χ3v) is 4.75. The fourth-order valence-electron chi connectivity index (χ4n) is 3.15. The molecule has 27 heavy (non-hydrogen) atoms. The van der Waals surface area contributed by atoms with E-state index in [9.17, 15) is 0 Å². The number of para-hydroxylation sites is 1. The van der Waals surface area contributed by atoms with Crippen molar-refractivity contribution < 1.29 is 0 Å². The molecule has 0 aliphatic carbocycles. The molecule has 1 unspecified atom stereocenters. The molecule has 1 atom stereocenters. The van der Waals surface area contributed by atoms with Crippen molar-refractivity contribution in [1.29, 1.82) is 0 Å². The van der Waals surface area contributed by atoms with E-state index in [4.69, 9.17) is 5.10 Å². The number of benzene rings is 2. The molecule has 2 aromatic carbocycles. The summed E-state index contributed by atoms with van der Waals surface area (Å²) in [7, 11) is 1.79. The van der Waals surface area contributed by atoms with Crippen molar-refractivity contribution >= 4 is 5.96 Å². The lowest BCUT2D eigenvalue weighted by Crippen LogP contribution is -2.38. The van der Waals surface area contributed by atoms with Crippen molar-refractivity contribution in [3.63, 3.8) is 0 Å². The zero-order valence-corrected chi connectivity index (χ0v) is 16.4. The van der Waals surface area contributed by atoms with Crippen molar-refractivity contribution in [1.82, 2.24) is 20.4 Å². The number of aryl methyl sites for hydroxylation is 1. The van der Waals surface area contributed by atoms with Crippen LogP contribution in [-0.2, 0) is 6.54 Å². The molecule has 0 saturated heterocycles. The van der Waals surface area contributed by atoms with Gasteiger partial charge in [0.1, 0.15) is 0 Å². The minimum atomic E-state index is 0.173. The van der Waals surface area contributed by atoms with Gasteiger partial charge in [-0.25, -0.2) is 4.68 Å². The summed E-state index contributed by atoms with van der Waals surface area (Å²) in [5.41, 5.74) is 5.65. The Labute approximate surface area is 161 Å². The number of hydrogen-bond acceptors (Lipinski definition) is 2. The Bertz CT molecular complexity index is 897. The van der Waals surface area contributed by atoms with Crippen molar-refractivity contribution in [2.75, 3.05) is 7.05 Å². The van der Waals surface area contributed by atoms with Crippen LogP contribution >= 0.6 is 0 Å². The molecule has 0 saturated carbocycles. The van der Waals surface area contributed by atoms with Crippen LogP contribution in [0.15, 0.2) is 65.7 Å². The second kappa shape index (κ2) is 8.54. The largest absolute Gasteiger partial charge is 0.352 e. The predicted octanol–water partition coefficient (Wildman–Crippen LogP) is 3.92. The molecule has 140 valence electrons. The number of nitrogens with zero attached hydrogens (tertiary/aromatic N) is 3.